The molecular formula is C21H23N3O5S. The zero-order chi connectivity index (χ0) is 21.6. The van der Waals surface area contributed by atoms with Crippen LogP contribution in [-0.4, -0.2) is 66.9 Å². The van der Waals surface area contributed by atoms with E-state index in [0.717, 1.165) is 9.69 Å². The number of hydrogen-bond donors (Lipinski definition) is 2. The van der Waals surface area contributed by atoms with Gasteiger partial charge in [0.15, 0.2) is 0 Å². The van der Waals surface area contributed by atoms with Crippen molar-refractivity contribution in [3.05, 3.63) is 48.5 Å². The first-order valence-corrected chi connectivity index (χ1v) is 11.0. The Morgan fingerprint density at radius 1 is 1.13 bits per heavy atom. The average Bonchev–Trinajstić information content (AvgIpc) is 3.30. The Labute approximate surface area is 174 Å². The highest BCUT2D eigenvalue weighted by Gasteiger charge is 2.27. The zero-order valence-corrected chi connectivity index (χ0v) is 17.5. The van der Waals surface area contributed by atoms with Crippen LogP contribution in [0.1, 0.15) is 6.42 Å². The summed E-state index contributed by atoms with van der Waals surface area (Å²) in [4.78, 5) is 14.2. The van der Waals surface area contributed by atoms with E-state index in [-0.39, 0.29) is 4.90 Å². The maximum Gasteiger partial charge on any atom is 0.416 e. The quantitative estimate of drug-likeness (QED) is 0.661. The Bertz CT molecular complexity index is 1230. The summed E-state index contributed by atoms with van der Waals surface area (Å²) in [7, 11) is -0.808. The third kappa shape index (κ3) is 3.34. The fourth-order valence-corrected chi connectivity index (χ4v) is 4.82. The van der Waals surface area contributed by atoms with Crippen LogP contribution in [0.3, 0.4) is 0 Å². The van der Waals surface area contributed by atoms with Gasteiger partial charge in [-0.15, -0.1) is 0 Å². The van der Waals surface area contributed by atoms with Gasteiger partial charge in [-0.05, 0) is 36.8 Å². The molecule has 1 fully saturated rings. The standard InChI is InChI=1S/C21H23N3O5S/c1-22(2)30(28,29)16-7-8-19(23-10-9-15(25)13-23)17(12-16)20-11-14-5-3-4-6-18(14)24(20)21(26)27/h3-8,11-12,15,25H,9-10,13H2,1-2H3,(H,26,27). The summed E-state index contributed by atoms with van der Waals surface area (Å²) in [6, 6.07) is 13.6. The zero-order valence-electron chi connectivity index (χ0n) is 16.7. The van der Waals surface area contributed by atoms with Gasteiger partial charge in [0.25, 0.3) is 0 Å². The van der Waals surface area contributed by atoms with Gasteiger partial charge in [0, 0.05) is 43.8 Å². The summed E-state index contributed by atoms with van der Waals surface area (Å²) in [6.45, 7) is 1.00. The summed E-state index contributed by atoms with van der Waals surface area (Å²) >= 11 is 0. The highest BCUT2D eigenvalue weighted by molar-refractivity contribution is 7.89. The number of hydrogen-bond acceptors (Lipinski definition) is 5. The molecule has 0 amide bonds. The summed E-state index contributed by atoms with van der Waals surface area (Å²) in [5, 5.41) is 20.6. The Hall–Kier alpha value is -2.88. The van der Waals surface area contributed by atoms with Crippen LogP contribution in [0, 0.1) is 0 Å². The molecule has 4 rings (SSSR count). The fraction of sp³-hybridized carbons (Fsp3) is 0.286. The number of rotatable bonds is 4. The summed E-state index contributed by atoms with van der Waals surface area (Å²) in [5.74, 6) is 0. The summed E-state index contributed by atoms with van der Waals surface area (Å²) < 4.78 is 27.8. The molecule has 0 spiro atoms. The SMILES string of the molecule is CN(C)S(=O)(=O)c1ccc(N2CCC(O)C2)c(-c2cc3ccccc3n2C(=O)O)c1. The average molecular weight is 429 g/mol. The molecule has 0 saturated carbocycles. The Balaban J connectivity index is 2.01. The lowest BCUT2D eigenvalue weighted by atomic mass is 10.1. The van der Waals surface area contributed by atoms with Crippen molar-refractivity contribution < 1.29 is 23.4 Å². The molecule has 0 bridgehead atoms. The number of fused-ring (bicyclic) bond motifs is 1. The van der Waals surface area contributed by atoms with Gasteiger partial charge in [-0.3, -0.25) is 0 Å². The minimum Gasteiger partial charge on any atom is -0.464 e. The second-order valence-electron chi connectivity index (χ2n) is 7.56. The molecule has 3 aromatic rings. The van der Waals surface area contributed by atoms with E-state index in [4.69, 9.17) is 0 Å². The van der Waals surface area contributed by atoms with Gasteiger partial charge in [-0.1, -0.05) is 18.2 Å². The first-order valence-electron chi connectivity index (χ1n) is 9.54. The normalized spacial score (nSPS) is 17.2. The van der Waals surface area contributed by atoms with Gasteiger partial charge >= 0.3 is 6.09 Å². The number of nitrogens with zero attached hydrogens (tertiary/aromatic N) is 3. The smallest absolute Gasteiger partial charge is 0.416 e. The van der Waals surface area contributed by atoms with Crippen LogP contribution < -0.4 is 4.90 Å². The maximum atomic E-state index is 12.7. The van der Waals surface area contributed by atoms with Crippen LogP contribution in [0.4, 0.5) is 10.5 Å². The van der Waals surface area contributed by atoms with E-state index < -0.39 is 22.2 Å². The van der Waals surface area contributed by atoms with Gasteiger partial charge in [-0.25, -0.2) is 22.1 Å². The minimum atomic E-state index is -3.71. The van der Waals surface area contributed by atoms with Gasteiger partial charge in [0.05, 0.1) is 22.2 Å². The fourth-order valence-electron chi connectivity index (χ4n) is 3.89. The third-order valence-electron chi connectivity index (χ3n) is 5.43. The molecule has 1 saturated heterocycles. The predicted octanol–water partition coefficient (Wildman–Crippen LogP) is 2.66. The largest absolute Gasteiger partial charge is 0.464 e. The molecule has 1 aliphatic heterocycles. The molecule has 2 heterocycles. The van der Waals surface area contributed by atoms with Gasteiger partial charge in [-0.2, -0.15) is 0 Å². The number of aromatic nitrogens is 1. The number of sulfonamides is 1. The number of aliphatic hydroxyl groups is 1. The molecule has 2 N–H and O–H groups in total. The number of aliphatic hydroxyl groups excluding tert-OH is 1. The number of benzene rings is 2. The van der Waals surface area contributed by atoms with Crippen molar-refractivity contribution in [1.29, 1.82) is 0 Å². The van der Waals surface area contributed by atoms with E-state index in [2.05, 4.69) is 0 Å². The molecule has 0 aliphatic carbocycles. The highest BCUT2D eigenvalue weighted by atomic mass is 32.2. The van der Waals surface area contributed by atoms with E-state index in [1.165, 1.54) is 30.8 Å². The van der Waals surface area contributed by atoms with Crippen molar-refractivity contribution in [2.75, 3.05) is 32.1 Å². The van der Waals surface area contributed by atoms with Crippen LogP contribution in [0.5, 0.6) is 0 Å². The molecule has 0 radical (unpaired) electrons. The number of anilines is 1. The topological polar surface area (TPSA) is 103 Å². The molecule has 9 heteroatoms. The first kappa shape index (κ1) is 20.4. The van der Waals surface area contributed by atoms with E-state index in [1.807, 2.05) is 17.0 Å². The van der Waals surface area contributed by atoms with Crippen molar-refractivity contribution in [3.63, 3.8) is 0 Å². The van der Waals surface area contributed by atoms with Crippen molar-refractivity contribution in [3.8, 4) is 11.3 Å². The highest BCUT2D eigenvalue weighted by Crippen LogP contribution is 2.38. The summed E-state index contributed by atoms with van der Waals surface area (Å²) in [5.41, 5.74) is 2.09. The monoisotopic (exact) mass is 429 g/mol. The van der Waals surface area contributed by atoms with E-state index in [1.54, 1.807) is 24.3 Å². The second kappa shape index (κ2) is 7.42. The molecule has 2 aromatic carbocycles. The molecule has 1 atom stereocenters. The van der Waals surface area contributed by atoms with Crippen molar-refractivity contribution in [2.24, 2.45) is 0 Å². The van der Waals surface area contributed by atoms with Crippen LogP contribution in [-0.2, 0) is 10.0 Å². The lowest BCUT2D eigenvalue weighted by Crippen LogP contribution is -2.24. The van der Waals surface area contributed by atoms with Crippen LogP contribution in [0.15, 0.2) is 53.4 Å². The van der Waals surface area contributed by atoms with Gasteiger partial charge < -0.3 is 15.1 Å². The van der Waals surface area contributed by atoms with E-state index in [9.17, 15) is 23.4 Å². The minimum absolute atomic E-state index is 0.0770. The van der Waals surface area contributed by atoms with Crippen molar-refractivity contribution in [2.45, 2.75) is 17.4 Å². The summed E-state index contributed by atoms with van der Waals surface area (Å²) in [6.07, 6.45) is -1.04. The lowest BCUT2D eigenvalue weighted by molar-refractivity contribution is 0.197. The first-order chi connectivity index (χ1) is 14.2. The molecular weight excluding hydrogens is 406 g/mol. The van der Waals surface area contributed by atoms with Crippen molar-refractivity contribution in [1.82, 2.24) is 8.87 Å². The number of carbonyl (C=O) groups is 1. The molecule has 30 heavy (non-hydrogen) atoms. The lowest BCUT2D eigenvalue weighted by Gasteiger charge is -2.23. The molecule has 1 aromatic heterocycles. The van der Waals surface area contributed by atoms with Crippen LogP contribution in [0.25, 0.3) is 22.2 Å². The van der Waals surface area contributed by atoms with E-state index in [0.29, 0.717) is 42.0 Å². The Morgan fingerprint density at radius 2 is 1.87 bits per heavy atom. The molecule has 8 nitrogen and oxygen atoms in total. The van der Waals surface area contributed by atoms with Crippen LogP contribution >= 0.6 is 0 Å². The Kier molecular flexibility index (Phi) is 5.05. The number of carboxylic acid groups (broad SMARTS) is 1. The number of β-amino-alcohol motifs (C(OH)–C–C–N with tert-alkyl or cyclic N) is 1. The van der Waals surface area contributed by atoms with Crippen molar-refractivity contribution >= 4 is 32.7 Å². The van der Waals surface area contributed by atoms with Gasteiger partial charge in [0.1, 0.15) is 0 Å². The molecule has 158 valence electrons. The molecule has 1 aliphatic rings. The Morgan fingerprint density at radius 3 is 2.50 bits per heavy atom. The molecule has 1 unspecified atom stereocenters. The maximum absolute atomic E-state index is 12.7. The van der Waals surface area contributed by atoms with E-state index >= 15 is 0 Å². The predicted molar refractivity (Wildman–Crippen MR) is 115 cm³/mol. The second-order valence-corrected chi connectivity index (χ2v) is 9.71. The van der Waals surface area contributed by atoms with Gasteiger partial charge in [0.2, 0.25) is 10.0 Å². The number of para-hydroxylation sites is 1. The van der Waals surface area contributed by atoms with Crippen LogP contribution in [0.2, 0.25) is 0 Å². The third-order valence-corrected chi connectivity index (χ3v) is 7.24.